The van der Waals surface area contributed by atoms with Crippen LogP contribution in [0.5, 0.6) is 0 Å². The van der Waals surface area contributed by atoms with Crippen LogP contribution in [-0.4, -0.2) is 89.5 Å². The van der Waals surface area contributed by atoms with Gasteiger partial charge < -0.3 is 30.3 Å². The van der Waals surface area contributed by atoms with E-state index in [9.17, 15) is 24.3 Å². The summed E-state index contributed by atoms with van der Waals surface area (Å²) in [6.45, 7) is 7.31. The fourth-order valence-corrected chi connectivity index (χ4v) is 6.64. The standard InChI is InChI=1S/C22H34N4O5S/c1-11(8-12(2)27)16-17-13(3)19(18(22(30)31)26(17)21(16)29)32-14-9-15(24-10-14)20(28)25(5)7-6-23-4/h11,13-17,23-24H,6-10H2,1-5H3,(H,30,31)/t11-,13+,14-,15-,16+,17+/m0/s1. The van der Waals surface area contributed by atoms with Gasteiger partial charge in [0.2, 0.25) is 11.8 Å². The molecule has 3 heterocycles. The highest BCUT2D eigenvalue weighted by Crippen LogP contribution is 2.53. The Hall–Kier alpha value is -1.91. The van der Waals surface area contributed by atoms with Gasteiger partial charge in [-0.2, -0.15) is 0 Å². The second kappa shape index (κ2) is 9.93. The molecule has 32 heavy (non-hydrogen) atoms. The number of fused-ring (bicyclic) bond motifs is 1. The molecule has 3 aliphatic heterocycles. The number of carboxylic acid groups (broad SMARTS) is 1. The fraction of sp³-hybridized carbons (Fsp3) is 0.727. The third-order valence-corrected chi connectivity index (χ3v) is 8.28. The number of hydrogen-bond donors (Lipinski definition) is 3. The van der Waals surface area contributed by atoms with E-state index >= 15 is 0 Å². The molecule has 2 amide bonds. The summed E-state index contributed by atoms with van der Waals surface area (Å²) in [5.74, 6) is -1.80. The summed E-state index contributed by atoms with van der Waals surface area (Å²) in [7, 11) is 3.62. The molecule has 3 aliphatic rings. The molecule has 0 aromatic carbocycles. The maximum atomic E-state index is 12.9. The van der Waals surface area contributed by atoms with Crippen LogP contribution < -0.4 is 10.6 Å². The lowest BCUT2D eigenvalue weighted by molar-refractivity contribution is -0.160. The van der Waals surface area contributed by atoms with E-state index < -0.39 is 5.97 Å². The maximum Gasteiger partial charge on any atom is 0.353 e. The molecule has 0 saturated carbocycles. The molecule has 3 rings (SSSR count). The Morgan fingerprint density at radius 3 is 2.66 bits per heavy atom. The van der Waals surface area contributed by atoms with Crippen molar-refractivity contribution in [1.29, 1.82) is 0 Å². The largest absolute Gasteiger partial charge is 0.477 e. The van der Waals surface area contributed by atoms with Crippen LogP contribution in [-0.2, 0) is 19.2 Å². The van der Waals surface area contributed by atoms with Gasteiger partial charge in [-0.25, -0.2) is 4.79 Å². The highest BCUT2D eigenvalue weighted by atomic mass is 32.2. The summed E-state index contributed by atoms with van der Waals surface area (Å²) in [5, 5.41) is 16.2. The molecule has 9 nitrogen and oxygen atoms in total. The zero-order chi connectivity index (χ0) is 23.7. The van der Waals surface area contributed by atoms with Gasteiger partial charge in [-0.3, -0.25) is 9.59 Å². The van der Waals surface area contributed by atoms with Gasteiger partial charge in [0, 0.05) is 49.2 Å². The van der Waals surface area contributed by atoms with E-state index in [2.05, 4.69) is 10.6 Å². The fourth-order valence-electron chi connectivity index (χ4n) is 5.16. The molecule has 6 atom stereocenters. The number of carbonyl (C=O) groups is 4. The first kappa shape index (κ1) is 24.7. The Morgan fingerprint density at radius 2 is 2.06 bits per heavy atom. The van der Waals surface area contributed by atoms with Crippen molar-refractivity contribution < 1.29 is 24.3 Å². The zero-order valence-electron chi connectivity index (χ0n) is 19.4. The summed E-state index contributed by atoms with van der Waals surface area (Å²) in [6, 6.07) is -0.508. The minimum Gasteiger partial charge on any atom is -0.477 e. The minimum atomic E-state index is -1.10. The van der Waals surface area contributed by atoms with Crippen LogP contribution in [0.4, 0.5) is 0 Å². The van der Waals surface area contributed by atoms with Gasteiger partial charge >= 0.3 is 5.97 Å². The van der Waals surface area contributed by atoms with E-state index in [-0.39, 0.29) is 58.4 Å². The van der Waals surface area contributed by atoms with E-state index in [0.29, 0.717) is 37.4 Å². The lowest BCUT2D eigenvalue weighted by atomic mass is 9.73. The molecule has 0 bridgehead atoms. The van der Waals surface area contributed by atoms with Crippen molar-refractivity contribution in [3.63, 3.8) is 0 Å². The molecule has 10 heteroatoms. The first-order chi connectivity index (χ1) is 15.1. The van der Waals surface area contributed by atoms with Gasteiger partial charge in [-0.15, -0.1) is 11.8 Å². The molecule has 0 aromatic heterocycles. The Balaban J connectivity index is 1.70. The van der Waals surface area contributed by atoms with Gasteiger partial charge in [-0.05, 0) is 26.3 Å². The lowest BCUT2D eigenvalue weighted by Gasteiger charge is -2.47. The predicted molar refractivity (Wildman–Crippen MR) is 122 cm³/mol. The van der Waals surface area contributed by atoms with Gasteiger partial charge in [0.15, 0.2) is 0 Å². The first-order valence-corrected chi connectivity index (χ1v) is 12.1. The minimum absolute atomic E-state index is 0.0304. The molecular formula is C22H34N4O5S. The van der Waals surface area contributed by atoms with Crippen molar-refractivity contribution >= 4 is 35.3 Å². The molecule has 3 N–H and O–H groups in total. The van der Waals surface area contributed by atoms with Crippen LogP contribution in [0.15, 0.2) is 10.6 Å². The van der Waals surface area contributed by atoms with Crippen molar-refractivity contribution in [3.8, 4) is 0 Å². The molecule has 0 spiro atoms. The number of hydrogen-bond acceptors (Lipinski definition) is 7. The average molecular weight is 467 g/mol. The number of rotatable bonds is 10. The van der Waals surface area contributed by atoms with Crippen LogP contribution in [0.3, 0.4) is 0 Å². The number of Topliss-reactive ketones (excluding diaryl/α,β-unsaturated/α-hetero) is 1. The van der Waals surface area contributed by atoms with Crippen molar-refractivity contribution in [2.75, 3.05) is 33.7 Å². The van der Waals surface area contributed by atoms with Crippen LogP contribution in [0.1, 0.15) is 33.6 Å². The smallest absolute Gasteiger partial charge is 0.353 e. The molecule has 2 fully saturated rings. The quantitative estimate of drug-likeness (QED) is 0.399. The Morgan fingerprint density at radius 1 is 1.38 bits per heavy atom. The number of likely N-dealkylation sites (N-methyl/N-ethyl adjacent to an activating group) is 2. The summed E-state index contributed by atoms with van der Waals surface area (Å²) in [4.78, 5) is 53.0. The number of ketones is 1. The van der Waals surface area contributed by atoms with Crippen LogP contribution in [0.2, 0.25) is 0 Å². The van der Waals surface area contributed by atoms with E-state index in [1.807, 2.05) is 20.9 Å². The normalized spacial score (nSPS) is 30.2. The summed E-state index contributed by atoms with van der Waals surface area (Å²) in [5.41, 5.74) is 0.0738. The lowest BCUT2D eigenvalue weighted by Crippen LogP contribution is -2.62. The van der Waals surface area contributed by atoms with E-state index in [1.54, 1.807) is 11.9 Å². The Kier molecular flexibility index (Phi) is 7.67. The summed E-state index contributed by atoms with van der Waals surface area (Å²) < 4.78 is 0. The number of nitrogens with zero attached hydrogens (tertiary/aromatic N) is 2. The maximum absolute atomic E-state index is 12.9. The topological polar surface area (TPSA) is 119 Å². The number of carbonyl (C=O) groups excluding carboxylic acids is 3. The van der Waals surface area contributed by atoms with Crippen molar-refractivity contribution in [1.82, 2.24) is 20.4 Å². The molecule has 0 unspecified atom stereocenters. The SMILES string of the molecule is CNCCN(C)C(=O)[C@@H]1C[C@H](SC2=C(C(=O)O)N3C(=O)[C@H]([C@@H](C)CC(C)=O)[C@H]3[C@H]2C)CN1. The highest BCUT2D eigenvalue weighted by Gasteiger charge is 2.60. The number of β-lactam (4-membered cyclic amide) rings is 1. The van der Waals surface area contributed by atoms with Crippen LogP contribution in [0, 0.1) is 17.8 Å². The summed E-state index contributed by atoms with van der Waals surface area (Å²) >= 11 is 1.48. The van der Waals surface area contributed by atoms with Gasteiger partial charge in [-0.1, -0.05) is 13.8 Å². The van der Waals surface area contributed by atoms with Crippen LogP contribution in [0.25, 0.3) is 0 Å². The molecule has 0 aromatic rings. The van der Waals surface area contributed by atoms with Gasteiger partial charge in [0.1, 0.15) is 11.5 Å². The average Bonchev–Trinajstić information content (AvgIpc) is 3.27. The number of thioether (sulfide) groups is 1. The van der Waals surface area contributed by atoms with Gasteiger partial charge in [0.05, 0.1) is 18.0 Å². The van der Waals surface area contributed by atoms with Gasteiger partial charge in [0.25, 0.3) is 0 Å². The molecule has 0 aliphatic carbocycles. The monoisotopic (exact) mass is 466 g/mol. The molecular weight excluding hydrogens is 432 g/mol. The van der Waals surface area contributed by atoms with E-state index in [1.165, 1.54) is 23.6 Å². The van der Waals surface area contributed by atoms with Crippen molar-refractivity contribution in [2.24, 2.45) is 17.8 Å². The second-order valence-corrected chi connectivity index (χ2v) is 10.6. The van der Waals surface area contributed by atoms with E-state index in [4.69, 9.17) is 0 Å². The van der Waals surface area contributed by atoms with Crippen LogP contribution >= 0.6 is 11.8 Å². The third kappa shape index (κ3) is 4.58. The molecule has 2 saturated heterocycles. The summed E-state index contributed by atoms with van der Waals surface area (Å²) in [6.07, 6.45) is 0.926. The Bertz CT molecular complexity index is 831. The number of carboxylic acids is 1. The Labute approximate surface area is 193 Å². The number of amides is 2. The molecule has 0 radical (unpaired) electrons. The first-order valence-electron chi connectivity index (χ1n) is 11.2. The van der Waals surface area contributed by atoms with Crippen molar-refractivity contribution in [3.05, 3.63) is 10.6 Å². The number of aliphatic carboxylic acids is 1. The van der Waals surface area contributed by atoms with E-state index in [0.717, 1.165) is 0 Å². The zero-order valence-corrected chi connectivity index (χ0v) is 20.2. The second-order valence-electron chi connectivity index (χ2n) is 9.21. The van der Waals surface area contributed by atoms with Crippen molar-refractivity contribution in [2.45, 2.75) is 50.9 Å². The third-order valence-electron chi connectivity index (χ3n) is 6.77. The molecule has 178 valence electrons. The number of nitrogens with one attached hydrogen (secondary N) is 2. The predicted octanol–water partition coefficient (Wildman–Crippen LogP) is 0.516. The highest BCUT2D eigenvalue weighted by molar-refractivity contribution is 8.03.